The molecule has 1 aliphatic heterocycles. The first-order chi connectivity index (χ1) is 9.26. The van der Waals surface area contributed by atoms with Crippen LogP contribution >= 0.6 is 0 Å². The van der Waals surface area contributed by atoms with Gasteiger partial charge in [-0.2, -0.15) is 0 Å². The maximum absolute atomic E-state index is 5.55. The van der Waals surface area contributed by atoms with Crippen molar-refractivity contribution in [2.45, 2.75) is 18.8 Å². The van der Waals surface area contributed by atoms with Gasteiger partial charge in [0.05, 0.1) is 7.11 Å². The molecule has 1 aliphatic rings. The molecule has 1 N–H and O–H groups in total. The zero-order valence-electron chi connectivity index (χ0n) is 12.4. The molecule has 2 rings (SSSR count). The van der Waals surface area contributed by atoms with E-state index in [2.05, 4.69) is 35.5 Å². The Kier molecular flexibility index (Phi) is 5.23. The van der Waals surface area contributed by atoms with Crippen LogP contribution in [0.4, 0.5) is 0 Å². The maximum Gasteiger partial charge on any atom is 0.122 e. The predicted molar refractivity (Wildman–Crippen MR) is 79.9 cm³/mol. The Labute approximate surface area is 116 Å². The fourth-order valence-electron chi connectivity index (χ4n) is 3.26. The molecule has 19 heavy (non-hydrogen) atoms. The highest BCUT2D eigenvalue weighted by atomic mass is 16.5. The smallest absolute Gasteiger partial charge is 0.122 e. The number of benzene rings is 1. The van der Waals surface area contributed by atoms with E-state index >= 15 is 0 Å². The second kappa shape index (κ2) is 6.92. The Bertz CT molecular complexity index is 394. The van der Waals surface area contributed by atoms with Crippen molar-refractivity contribution in [2.75, 3.05) is 40.8 Å². The van der Waals surface area contributed by atoms with Crippen LogP contribution in [0, 0.1) is 5.92 Å². The molecule has 1 aromatic rings. The highest BCUT2D eigenvalue weighted by Gasteiger charge is 2.28. The summed E-state index contributed by atoms with van der Waals surface area (Å²) in [5.41, 5.74) is 1.35. The summed E-state index contributed by atoms with van der Waals surface area (Å²) in [7, 11) is 6.03. The van der Waals surface area contributed by atoms with Gasteiger partial charge in [0.25, 0.3) is 0 Å². The Morgan fingerprint density at radius 2 is 2.21 bits per heavy atom. The zero-order valence-corrected chi connectivity index (χ0v) is 12.4. The summed E-state index contributed by atoms with van der Waals surface area (Å²) in [6.07, 6.45) is 2.62. The zero-order chi connectivity index (χ0) is 13.7. The van der Waals surface area contributed by atoms with Crippen molar-refractivity contribution in [3.8, 4) is 5.75 Å². The van der Waals surface area contributed by atoms with Gasteiger partial charge in [-0.15, -0.1) is 0 Å². The maximum atomic E-state index is 5.55. The van der Waals surface area contributed by atoms with E-state index < -0.39 is 0 Å². The molecular formula is C16H26N2O. The van der Waals surface area contributed by atoms with Gasteiger partial charge in [-0.25, -0.2) is 0 Å². The summed E-state index contributed by atoms with van der Waals surface area (Å²) in [5.74, 6) is 2.27. The second-order valence-electron chi connectivity index (χ2n) is 5.57. The van der Waals surface area contributed by atoms with Crippen LogP contribution in [-0.4, -0.2) is 45.7 Å². The fraction of sp³-hybridized carbons (Fsp3) is 0.625. The predicted octanol–water partition coefficient (Wildman–Crippen LogP) is 2.34. The molecule has 2 unspecified atom stereocenters. The largest absolute Gasteiger partial charge is 0.496 e. The lowest BCUT2D eigenvalue weighted by Crippen LogP contribution is -2.37. The molecule has 0 aromatic heterocycles. The quantitative estimate of drug-likeness (QED) is 0.881. The highest BCUT2D eigenvalue weighted by Crippen LogP contribution is 2.35. The Morgan fingerprint density at radius 1 is 1.42 bits per heavy atom. The van der Waals surface area contributed by atoms with Crippen molar-refractivity contribution in [3.05, 3.63) is 29.8 Å². The summed E-state index contributed by atoms with van der Waals surface area (Å²) in [6.45, 7) is 3.43. The lowest BCUT2D eigenvalue weighted by molar-refractivity contribution is 0.184. The van der Waals surface area contributed by atoms with Crippen LogP contribution in [0.5, 0.6) is 5.75 Å². The first kappa shape index (κ1) is 14.4. The van der Waals surface area contributed by atoms with E-state index in [-0.39, 0.29) is 0 Å². The third-order valence-corrected chi connectivity index (χ3v) is 4.19. The number of likely N-dealkylation sites (tertiary alicyclic amines) is 1. The molecule has 1 saturated heterocycles. The van der Waals surface area contributed by atoms with Crippen molar-refractivity contribution >= 4 is 0 Å². The monoisotopic (exact) mass is 262 g/mol. The van der Waals surface area contributed by atoms with Crippen LogP contribution in [0.3, 0.4) is 0 Å². The molecule has 0 spiro atoms. The molecule has 1 fully saturated rings. The fourth-order valence-corrected chi connectivity index (χ4v) is 3.26. The van der Waals surface area contributed by atoms with Crippen LogP contribution in [0.2, 0.25) is 0 Å². The molecule has 0 amide bonds. The van der Waals surface area contributed by atoms with Crippen molar-refractivity contribution in [1.82, 2.24) is 10.2 Å². The molecule has 0 radical (unpaired) electrons. The van der Waals surface area contributed by atoms with Gasteiger partial charge >= 0.3 is 0 Å². The van der Waals surface area contributed by atoms with E-state index in [1.165, 1.54) is 31.5 Å². The molecule has 1 heterocycles. The summed E-state index contributed by atoms with van der Waals surface area (Å²) >= 11 is 0. The molecule has 0 saturated carbocycles. The minimum absolute atomic E-state index is 0.531. The van der Waals surface area contributed by atoms with Crippen LogP contribution in [0.25, 0.3) is 0 Å². The van der Waals surface area contributed by atoms with Crippen LogP contribution in [0.15, 0.2) is 24.3 Å². The SMILES string of the molecule is CNCC(c1ccccc1OC)C1CCCN(C)C1. The Hall–Kier alpha value is -1.06. The third kappa shape index (κ3) is 3.48. The molecule has 3 nitrogen and oxygen atoms in total. The minimum atomic E-state index is 0.531. The topological polar surface area (TPSA) is 24.5 Å². The van der Waals surface area contributed by atoms with Gasteiger partial charge < -0.3 is 15.0 Å². The van der Waals surface area contributed by atoms with E-state index in [1.54, 1.807) is 7.11 Å². The van der Waals surface area contributed by atoms with Crippen molar-refractivity contribution in [2.24, 2.45) is 5.92 Å². The van der Waals surface area contributed by atoms with Gasteiger partial charge in [0.1, 0.15) is 5.75 Å². The molecule has 0 bridgehead atoms. The molecule has 2 atom stereocenters. The molecule has 0 aliphatic carbocycles. The molecule has 3 heteroatoms. The number of nitrogens with one attached hydrogen (secondary N) is 1. The Morgan fingerprint density at radius 3 is 2.89 bits per heavy atom. The van der Waals surface area contributed by atoms with Crippen LogP contribution < -0.4 is 10.1 Å². The van der Waals surface area contributed by atoms with Crippen LogP contribution in [0.1, 0.15) is 24.3 Å². The summed E-state index contributed by atoms with van der Waals surface area (Å²) in [5, 5.41) is 3.36. The second-order valence-corrected chi connectivity index (χ2v) is 5.57. The molecule has 1 aromatic carbocycles. The Balaban J connectivity index is 2.23. The number of ether oxygens (including phenoxy) is 1. The van der Waals surface area contributed by atoms with E-state index in [1.807, 2.05) is 13.1 Å². The number of likely N-dealkylation sites (N-methyl/N-ethyl adjacent to an activating group) is 1. The first-order valence-corrected chi connectivity index (χ1v) is 7.22. The first-order valence-electron chi connectivity index (χ1n) is 7.22. The molecule has 106 valence electrons. The average Bonchev–Trinajstić information content (AvgIpc) is 2.45. The summed E-state index contributed by atoms with van der Waals surface area (Å²) < 4.78 is 5.55. The van der Waals surface area contributed by atoms with Gasteiger partial charge in [-0.3, -0.25) is 0 Å². The number of hydrogen-bond acceptors (Lipinski definition) is 3. The van der Waals surface area contributed by atoms with Gasteiger partial charge in [0.15, 0.2) is 0 Å². The van der Waals surface area contributed by atoms with Gasteiger partial charge in [-0.05, 0) is 51.0 Å². The number of para-hydroxylation sites is 1. The minimum Gasteiger partial charge on any atom is -0.496 e. The number of nitrogens with zero attached hydrogens (tertiary/aromatic N) is 1. The summed E-state index contributed by atoms with van der Waals surface area (Å²) in [6, 6.07) is 8.46. The summed E-state index contributed by atoms with van der Waals surface area (Å²) in [4.78, 5) is 2.45. The van der Waals surface area contributed by atoms with Gasteiger partial charge in [0.2, 0.25) is 0 Å². The average molecular weight is 262 g/mol. The highest BCUT2D eigenvalue weighted by molar-refractivity contribution is 5.37. The lowest BCUT2D eigenvalue weighted by Gasteiger charge is -2.35. The van der Waals surface area contributed by atoms with E-state index in [9.17, 15) is 0 Å². The number of methoxy groups -OCH3 is 1. The van der Waals surface area contributed by atoms with E-state index in [0.29, 0.717) is 11.8 Å². The lowest BCUT2D eigenvalue weighted by atomic mass is 9.80. The van der Waals surface area contributed by atoms with Gasteiger partial charge in [0, 0.05) is 19.0 Å². The van der Waals surface area contributed by atoms with Gasteiger partial charge in [-0.1, -0.05) is 18.2 Å². The van der Waals surface area contributed by atoms with E-state index in [0.717, 1.165) is 12.3 Å². The molecular weight excluding hydrogens is 236 g/mol. The third-order valence-electron chi connectivity index (χ3n) is 4.19. The number of hydrogen-bond donors (Lipinski definition) is 1. The van der Waals surface area contributed by atoms with Crippen molar-refractivity contribution in [1.29, 1.82) is 0 Å². The van der Waals surface area contributed by atoms with Crippen molar-refractivity contribution in [3.63, 3.8) is 0 Å². The van der Waals surface area contributed by atoms with Crippen molar-refractivity contribution < 1.29 is 4.74 Å². The number of piperidine rings is 1. The standard InChI is InChI=1S/C16H26N2O/c1-17-11-15(13-7-6-10-18(2)12-13)14-8-4-5-9-16(14)19-3/h4-5,8-9,13,15,17H,6-7,10-12H2,1-3H3. The van der Waals surface area contributed by atoms with E-state index in [4.69, 9.17) is 4.74 Å². The number of rotatable bonds is 5. The normalized spacial score (nSPS) is 22.2. The van der Waals surface area contributed by atoms with Crippen LogP contribution in [-0.2, 0) is 0 Å².